The number of aliphatic hydroxyl groups excluding tert-OH is 1. The fourth-order valence-electron chi connectivity index (χ4n) is 2.25. The van der Waals surface area contributed by atoms with Crippen LogP contribution in [0.2, 0.25) is 0 Å². The van der Waals surface area contributed by atoms with E-state index in [9.17, 15) is 5.11 Å². The number of hydrogen-bond donors (Lipinski definition) is 1. The lowest BCUT2D eigenvalue weighted by Crippen LogP contribution is -2.14. The van der Waals surface area contributed by atoms with E-state index in [4.69, 9.17) is 4.74 Å². The van der Waals surface area contributed by atoms with Crippen LogP contribution in [0.15, 0.2) is 48.5 Å². The SMILES string of the molecule is CC(O)c1ccc(OCc2ccccc2)c(C(C)(C)C)c1. The third kappa shape index (κ3) is 4.08. The summed E-state index contributed by atoms with van der Waals surface area (Å²) in [5.74, 6) is 0.885. The van der Waals surface area contributed by atoms with E-state index in [0.29, 0.717) is 6.61 Å². The first-order valence-electron chi connectivity index (χ1n) is 7.37. The molecule has 2 aromatic carbocycles. The van der Waals surface area contributed by atoms with Crippen molar-refractivity contribution in [1.82, 2.24) is 0 Å². The highest BCUT2D eigenvalue weighted by Crippen LogP contribution is 2.34. The Morgan fingerprint density at radius 3 is 2.29 bits per heavy atom. The van der Waals surface area contributed by atoms with Crippen molar-refractivity contribution in [3.63, 3.8) is 0 Å². The summed E-state index contributed by atoms with van der Waals surface area (Å²) < 4.78 is 6.00. The largest absolute Gasteiger partial charge is 0.489 e. The van der Waals surface area contributed by atoms with Gasteiger partial charge in [0.2, 0.25) is 0 Å². The van der Waals surface area contributed by atoms with Gasteiger partial charge in [-0.25, -0.2) is 0 Å². The Kier molecular flexibility index (Phi) is 4.69. The van der Waals surface area contributed by atoms with Gasteiger partial charge in [-0.05, 0) is 41.2 Å². The Bertz CT molecular complexity index is 580. The Balaban J connectivity index is 2.26. The van der Waals surface area contributed by atoms with Crippen LogP contribution in [0.3, 0.4) is 0 Å². The zero-order chi connectivity index (χ0) is 15.5. The second-order valence-electron chi connectivity index (χ2n) is 6.46. The van der Waals surface area contributed by atoms with Crippen LogP contribution in [0, 0.1) is 0 Å². The molecule has 1 N–H and O–H groups in total. The normalized spacial score (nSPS) is 13.0. The van der Waals surface area contributed by atoms with Gasteiger partial charge in [0.15, 0.2) is 0 Å². The van der Waals surface area contributed by atoms with Crippen LogP contribution in [-0.2, 0) is 12.0 Å². The molecule has 112 valence electrons. The monoisotopic (exact) mass is 284 g/mol. The van der Waals surface area contributed by atoms with Crippen molar-refractivity contribution in [3.8, 4) is 5.75 Å². The topological polar surface area (TPSA) is 29.5 Å². The van der Waals surface area contributed by atoms with Gasteiger partial charge in [0.1, 0.15) is 12.4 Å². The summed E-state index contributed by atoms with van der Waals surface area (Å²) in [6, 6.07) is 16.1. The number of rotatable bonds is 4. The summed E-state index contributed by atoms with van der Waals surface area (Å²) in [7, 11) is 0. The summed E-state index contributed by atoms with van der Waals surface area (Å²) >= 11 is 0. The summed E-state index contributed by atoms with van der Waals surface area (Å²) in [6.07, 6.45) is -0.464. The van der Waals surface area contributed by atoms with Gasteiger partial charge in [-0.1, -0.05) is 57.2 Å². The first-order valence-corrected chi connectivity index (χ1v) is 7.37. The van der Waals surface area contributed by atoms with Gasteiger partial charge in [-0.2, -0.15) is 0 Å². The van der Waals surface area contributed by atoms with Crippen molar-refractivity contribution in [2.24, 2.45) is 0 Å². The second kappa shape index (κ2) is 6.31. The predicted octanol–water partition coefficient (Wildman–Crippen LogP) is 4.62. The van der Waals surface area contributed by atoms with Gasteiger partial charge in [0, 0.05) is 0 Å². The average Bonchev–Trinajstić information content (AvgIpc) is 2.45. The first kappa shape index (κ1) is 15.6. The highest BCUT2D eigenvalue weighted by molar-refractivity contribution is 5.42. The zero-order valence-corrected chi connectivity index (χ0v) is 13.3. The van der Waals surface area contributed by atoms with E-state index in [2.05, 4.69) is 32.9 Å². The van der Waals surface area contributed by atoms with Crippen molar-refractivity contribution < 1.29 is 9.84 Å². The molecule has 0 radical (unpaired) electrons. The molecular formula is C19H24O2. The van der Waals surface area contributed by atoms with Gasteiger partial charge in [0.05, 0.1) is 6.10 Å². The molecule has 1 atom stereocenters. The predicted molar refractivity (Wildman–Crippen MR) is 86.5 cm³/mol. The molecule has 0 bridgehead atoms. The Hall–Kier alpha value is -1.80. The molecule has 2 aromatic rings. The standard InChI is InChI=1S/C19H24O2/c1-14(20)16-10-11-18(17(12-16)19(2,3)4)21-13-15-8-6-5-7-9-15/h5-12,14,20H,13H2,1-4H3. The number of hydrogen-bond acceptors (Lipinski definition) is 2. The van der Waals surface area contributed by atoms with Crippen LogP contribution in [-0.4, -0.2) is 5.11 Å². The van der Waals surface area contributed by atoms with Gasteiger partial charge >= 0.3 is 0 Å². The van der Waals surface area contributed by atoms with Crippen LogP contribution < -0.4 is 4.74 Å². The minimum absolute atomic E-state index is 0.0308. The third-order valence-corrected chi connectivity index (χ3v) is 3.53. The molecule has 21 heavy (non-hydrogen) atoms. The number of aliphatic hydroxyl groups is 1. The molecule has 0 fully saturated rings. The minimum atomic E-state index is -0.464. The molecule has 0 aliphatic heterocycles. The minimum Gasteiger partial charge on any atom is -0.489 e. The van der Waals surface area contributed by atoms with Crippen LogP contribution in [0.5, 0.6) is 5.75 Å². The molecule has 0 saturated carbocycles. The molecule has 0 spiro atoms. The molecule has 0 aromatic heterocycles. The van der Waals surface area contributed by atoms with Gasteiger partial charge in [-0.3, -0.25) is 0 Å². The molecule has 0 heterocycles. The van der Waals surface area contributed by atoms with E-state index < -0.39 is 6.10 Å². The van der Waals surface area contributed by atoms with Gasteiger partial charge in [-0.15, -0.1) is 0 Å². The fourth-order valence-corrected chi connectivity index (χ4v) is 2.25. The first-order chi connectivity index (χ1) is 9.88. The summed E-state index contributed by atoms with van der Waals surface area (Å²) in [5, 5.41) is 9.77. The van der Waals surface area contributed by atoms with E-state index in [1.54, 1.807) is 6.92 Å². The van der Waals surface area contributed by atoms with Gasteiger partial charge < -0.3 is 9.84 Å². The second-order valence-corrected chi connectivity index (χ2v) is 6.46. The molecule has 0 aliphatic carbocycles. The molecule has 0 amide bonds. The Morgan fingerprint density at radius 1 is 1.05 bits per heavy atom. The van der Waals surface area contributed by atoms with Crippen LogP contribution in [0.25, 0.3) is 0 Å². The summed E-state index contributed by atoms with van der Waals surface area (Å²) in [5.41, 5.74) is 3.16. The van der Waals surface area contributed by atoms with E-state index in [1.807, 2.05) is 36.4 Å². The van der Waals surface area contributed by atoms with E-state index in [1.165, 1.54) is 0 Å². The summed E-state index contributed by atoms with van der Waals surface area (Å²) in [6.45, 7) is 8.81. The number of benzene rings is 2. The molecular weight excluding hydrogens is 260 g/mol. The van der Waals surface area contributed by atoms with E-state index >= 15 is 0 Å². The van der Waals surface area contributed by atoms with Crippen molar-refractivity contribution in [1.29, 1.82) is 0 Å². The highest BCUT2D eigenvalue weighted by atomic mass is 16.5. The quantitative estimate of drug-likeness (QED) is 0.888. The maximum atomic E-state index is 9.77. The lowest BCUT2D eigenvalue weighted by Gasteiger charge is -2.24. The molecule has 2 rings (SSSR count). The van der Waals surface area contributed by atoms with Crippen molar-refractivity contribution in [3.05, 3.63) is 65.2 Å². The molecule has 1 unspecified atom stereocenters. The average molecular weight is 284 g/mol. The smallest absolute Gasteiger partial charge is 0.123 e. The lowest BCUT2D eigenvalue weighted by molar-refractivity contribution is 0.198. The number of ether oxygens (including phenoxy) is 1. The van der Waals surface area contributed by atoms with E-state index in [0.717, 1.165) is 22.4 Å². The summed E-state index contributed by atoms with van der Waals surface area (Å²) in [4.78, 5) is 0. The van der Waals surface area contributed by atoms with Gasteiger partial charge in [0.25, 0.3) is 0 Å². The fraction of sp³-hybridized carbons (Fsp3) is 0.368. The van der Waals surface area contributed by atoms with E-state index in [-0.39, 0.29) is 5.41 Å². The van der Waals surface area contributed by atoms with Crippen molar-refractivity contribution >= 4 is 0 Å². The zero-order valence-electron chi connectivity index (χ0n) is 13.3. The Labute approximate surface area is 127 Å². The molecule has 0 aliphatic rings. The van der Waals surface area contributed by atoms with Crippen LogP contribution >= 0.6 is 0 Å². The third-order valence-electron chi connectivity index (χ3n) is 3.53. The van der Waals surface area contributed by atoms with Crippen molar-refractivity contribution in [2.45, 2.75) is 45.8 Å². The van der Waals surface area contributed by atoms with Crippen molar-refractivity contribution in [2.75, 3.05) is 0 Å². The lowest BCUT2D eigenvalue weighted by atomic mass is 9.85. The molecule has 2 nitrogen and oxygen atoms in total. The highest BCUT2D eigenvalue weighted by Gasteiger charge is 2.20. The van der Waals surface area contributed by atoms with Crippen LogP contribution in [0.4, 0.5) is 0 Å². The maximum absolute atomic E-state index is 9.77. The van der Waals surface area contributed by atoms with Crippen LogP contribution in [0.1, 0.15) is 50.5 Å². The molecule has 2 heteroatoms. The Morgan fingerprint density at radius 2 is 1.71 bits per heavy atom. The molecule has 0 saturated heterocycles. The maximum Gasteiger partial charge on any atom is 0.123 e.